The van der Waals surface area contributed by atoms with Gasteiger partial charge in [-0.1, -0.05) is 263 Å². The number of carbonyl (C=O) groups excluding carboxylic acids is 3. The molecule has 0 unspecified atom stereocenters. The summed E-state index contributed by atoms with van der Waals surface area (Å²) in [7, 11) is 0. The number of amides is 3. The molecule has 3 amide bonds. The molecule has 5 aromatic carbocycles. The average molecular weight is 1010 g/mol. The Morgan fingerprint density at radius 3 is 0.919 bits per heavy atom. The molecule has 0 fully saturated rings. The Morgan fingerprint density at radius 1 is 0.351 bits per heavy atom. The number of hydrogen-bond donors (Lipinski definition) is 5. The van der Waals surface area contributed by atoms with E-state index in [0.29, 0.717) is 16.8 Å². The van der Waals surface area contributed by atoms with Crippen LogP contribution in [-0.4, -0.2) is 35.6 Å². The Balaban J connectivity index is 1.52. The topological polar surface area (TPSA) is 151 Å². The lowest BCUT2D eigenvalue weighted by atomic mass is 9.84. The zero-order valence-electron chi connectivity index (χ0n) is 47.1. The van der Waals surface area contributed by atoms with E-state index >= 15 is 4.79 Å². The summed E-state index contributed by atoms with van der Waals surface area (Å²) in [6.07, 6.45) is 44.2. The molecule has 0 bridgehead atoms. The molecule has 0 spiro atoms. The summed E-state index contributed by atoms with van der Waals surface area (Å²) in [6.45, 7) is 9.08. The number of hydrogen-bond acceptors (Lipinski definition) is 4. The first kappa shape index (κ1) is 60.1. The van der Waals surface area contributed by atoms with Crippen LogP contribution in [0.1, 0.15) is 295 Å². The quantitative estimate of drug-likeness (QED) is 0.00869. The van der Waals surface area contributed by atoms with E-state index in [-0.39, 0.29) is 29.1 Å². The summed E-state index contributed by atoms with van der Waals surface area (Å²) in [4.78, 5) is 41.1. The van der Waals surface area contributed by atoms with Crippen molar-refractivity contribution >= 4 is 66.6 Å². The number of amidine groups is 1. The number of rotatable bonds is 42. The van der Waals surface area contributed by atoms with Crippen molar-refractivity contribution in [3.05, 3.63) is 70.8 Å². The molecule has 0 saturated heterocycles. The van der Waals surface area contributed by atoms with Gasteiger partial charge in [-0.15, -0.1) is 0 Å². The predicted molar refractivity (Wildman–Crippen MR) is 319 cm³/mol. The largest absolute Gasteiger partial charge is 0.367 e. The maximum absolute atomic E-state index is 15.2. The van der Waals surface area contributed by atoms with Crippen LogP contribution in [0, 0.1) is 5.41 Å². The van der Waals surface area contributed by atoms with Crippen LogP contribution in [0.3, 0.4) is 0 Å². The van der Waals surface area contributed by atoms with Crippen LogP contribution in [0.25, 0.3) is 43.1 Å². The zero-order chi connectivity index (χ0) is 52.9. The molecule has 0 aliphatic rings. The monoisotopic (exact) mass is 1010 g/mol. The van der Waals surface area contributed by atoms with Gasteiger partial charge in [0.25, 0.3) is 5.91 Å². The minimum Gasteiger partial charge on any atom is -0.367 e. The Hall–Kier alpha value is -4.72. The minimum absolute atomic E-state index is 0.0612. The summed E-state index contributed by atoms with van der Waals surface area (Å²) in [5, 5.41) is 23.7. The zero-order valence-corrected chi connectivity index (χ0v) is 47.1. The predicted octanol–water partition coefficient (Wildman–Crippen LogP) is 18.4. The Morgan fingerprint density at radius 2 is 0.608 bits per heavy atom. The number of primary amides is 2. The Bertz CT molecular complexity index is 2260. The normalized spacial score (nSPS) is 11.9. The van der Waals surface area contributed by atoms with Crippen LogP contribution in [0.5, 0.6) is 0 Å². The van der Waals surface area contributed by atoms with Crippen molar-refractivity contribution in [3.8, 4) is 0 Å². The van der Waals surface area contributed by atoms with Crippen molar-refractivity contribution in [3.63, 3.8) is 0 Å². The van der Waals surface area contributed by atoms with Gasteiger partial charge in [-0.05, 0) is 76.2 Å². The summed E-state index contributed by atoms with van der Waals surface area (Å²) in [6, 6.07) is 15.5. The van der Waals surface area contributed by atoms with Crippen LogP contribution in [0.15, 0.2) is 48.5 Å². The fraction of sp³-hybridized carbons (Fsp3) is 0.636. The maximum atomic E-state index is 15.2. The highest BCUT2D eigenvalue weighted by Crippen LogP contribution is 2.44. The van der Waals surface area contributed by atoms with Crippen LogP contribution < -0.4 is 22.1 Å². The maximum Gasteiger partial charge on any atom is 0.252 e. The molecular formula is C66H101N5O3. The van der Waals surface area contributed by atoms with Gasteiger partial charge in [0, 0.05) is 45.1 Å². The molecule has 7 N–H and O–H groups in total. The molecule has 0 heterocycles. The van der Waals surface area contributed by atoms with E-state index in [4.69, 9.17) is 11.5 Å². The van der Waals surface area contributed by atoms with Gasteiger partial charge < -0.3 is 22.1 Å². The van der Waals surface area contributed by atoms with Crippen molar-refractivity contribution in [1.29, 1.82) is 5.41 Å². The molecule has 5 aromatic rings. The van der Waals surface area contributed by atoms with Gasteiger partial charge in [-0.3, -0.25) is 19.8 Å². The van der Waals surface area contributed by atoms with Crippen molar-refractivity contribution < 1.29 is 14.4 Å². The standard InChI is InChI=1S/C66H101N5O3/c1-5-9-13-17-21-25-29-33-37-49(38-34-30-26-22-18-14-10-6-2)70-63(67)55-45-41-51-52-42-46-56(64(68)72)62-57(65(69)73)47-43-53(60(52)62)54-44-48-58(61(55)59(51)54)66(74)71-50(39-35-31-27-23-19-15-11-7-3)40-36-32-28-24-20-16-12-8-4/h41-50H,5-40H2,1-4H3,(H2,67,70)(H2,68,72)(H2,69,73)(H,71,74). The molecule has 0 radical (unpaired) electrons. The highest BCUT2D eigenvalue weighted by Gasteiger charge is 2.26. The summed E-state index contributed by atoms with van der Waals surface area (Å²) in [5.41, 5.74) is 13.7. The fourth-order valence-electron chi connectivity index (χ4n) is 11.9. The molecular weight excluding hydrogens is 911 g/mol. The Kier molecular flexibility index (Phi) is 27.7. The van der Waals surface area contributed by atoms with Gasteiger partial charge in [-0.2, -0.15) is 0 Å². The molecule has 74 heavy (non-hydrogen) atoms. The van der Waals surface area contributed by atoms with Gasteiger partial charge in [-0.25, -0.2) is 0 Å². The van der Waals surface area contributed by atoms with E-state index in [2.05, 4.69) is 44.4 Å². The van der Waals surface area contributed by atoms with Gasteiger partial charge >= 0.3 is 0 Å². The lowest BCUT2D eigenvalue weighted by molar-refractivity contribution is 0.0931. The van der Waals surface area contributed by atoms with Gasteiger partial charge in [0.05, 0.1) is 0 Å². The van der Waals surface area contributed by atoms with Crippen LogP contribution in [0.4, 0.5) is 0 Å². The van der Waals surface area contributed by atoms with Crippen LogP contribution in [0.2, 0.25) is 0 Å². The number of carbonyl (C=O) groups is 3. The third kappa shape index (κ3) is 18.2. The minimum atomic E-state index is -0.629. The molecule has 408 valence electrons. The van der Waals surface area contributed by atoms with Crippen LogP contribution >= 0.6 is 0 Å². The Labute approximate surface area is 448 Å². The highest BCUT2D eigenvalue weighted by molar-refractivity contribution is 6.38. The SMILES string of the molecule is CCCCCCCCCCC(CCCCCCCCCC)NC(=N)c1ccc2c3ccc(C(N)=O)c4c(C(N)=O)ccc(c5ccc(C(=O)NC(CCCCCCCCCC)CCCCCCCCCC)c1c25)c43. The third-order valence-corrected chi connectivity index (χ3v) is 16.3. The first-order valence-electron chi connectivity index (χ1n) is 30.6. The second kappa shape index (κ2) is 34.0. The van der Waals surface area contributed by atoms with E-state index in [1.807, 2.05) is 30.3 Å². The summed E-state index contributed by atoms with van der Waals surface area (Å²) in [5.74, 6) is -0.997. The third-order valence-electron chi connectivity index (χ3n) is 16.3. The first-order valence-corrected chi connectivity index (χ1v) is 30.6. The summed E-state index contributed by atoms with van der Waals surface area (Å²) >= 11 is 0. The lowest BCUT2D eigenvalue weighted by Crippen LogP contribution is -2.36. The van der Waals surface area contributed by atoms with E-state index < -0.39 is 11.8 Å². The second-order valence-electron chi connectivity index (χ2n) is 22.3. The molecule has 0 aromatic heterocycles. The molecule has 0 aliphatic carbocycles. The number of nitrogens with two attached hydrogens (primary N) is 2. The van der Waals surface area contributed by atoms with Crippen molar-refractivity contribution in [1.82, 2.24) is 10.6 Å². The van der Waals surface area contributed by atoms with Gasteiger partial charge in [0.1, 0.15) is 5.84 Å². The highest BCUT2D eigenvalue weighted by atomic mass is 16.2. The van der Waals surface area contributed by atoms with Gasteiger partial charge in [0.15, 0.2) is 0 Å². The second-order valence-corrected chi connectivity index (χ2v) is 22.3. The van der Waals surface area contributed by atoms with Crippen molar-refractivity contribution in [2.75, 3.05) is 0 Å². The lowest BCUT2D eigenvalue weighted by Gasteiger charge is -2.24. The number of fused-ring (bicyclic) bond motifs is 2. The average Bonchev–Trinajstić information content (AvgIpc) is 3.39. The van der Waals surface area contributed by atoms with E-state index in [0.717, 1.165) is 94.6 Å². The van der Waals surface area contributed by atoms with E-state index in [1.165, 1.54) is 180 Å². The van der Waals surface area contributed by atoms with Crippen LogP contribution in [-0.2, 0) is 0 Å². The van der Waals surface area contributed by atoms with E-state index in [9.17, 15) is 15.0 Å². The summed E-state index contributed by atoms with van der Waals surface area (Å²) < 4.78 is 0. The smallest absolute Gasteiger partial charge is 0.252 e. The molecule has 0 atom stereocenters. The number of benzene rings is 5. The fourth-order valence-corrected chi connectivity index (χ4v) is 11.9. The van der Waals surface area contributed by atoms with E-state index in [1.54, 1.807) is 12.1 Å². The molecule has 0 aliphatic heterocycles. The van der Waals surface area contributed by atoms with Crippen molar-refractivity contribution in [2.45, 2.75) is 271 Å². The molecule has 8 heteroatoms. The van der Waals surface area contributed by atoms with Crippen molar-refractivity contribution in [2.24, 2.45) is 11.5 Å². The first-order chi connectivity index (χ1) is 36.2. The number of nitrogens with one attached hydrogen (secondary N) is 3. The number of unbranched alkanes of at least 4 members (excludes halogenated alkanes) is 28. The molecule has 8 nitrogen and oxygen atoms in total. The van der Waals surface area contributed by atoms with Gasteiger partial charge in [0.2, 0.25) is 11.8 Å². The molecule has 5 rings (SSSR count). The molecule has 0 saturated carbocycles.